The molecule has 0 spiro atoms. The van der Waals surface area contributed by atoms with Gasteiger partial charge in [0, 0.05) is 31.4 Å². The number of benzene rings is 1. The third kappa shape index (κ3) is 6.07. The number of aromatic nitrogens is 1. The van der Waals surface area contributed by atoms with Crippen molar-refractivity contribution >= 4 is 5.96 Å². The molecule has 5 heteroatoms. The van der Waals surface area contributed by atoms with Gasteiger partial charge in [-0.15, -0.1) is 0 Å². The highest BCUT2D eigenvalue weighted by molar-refractivity contribution is 5.79. The summed E-state index contributed by atoms with van der Waals surface area (Å²) in [5, 5.41) is 6.88. The van der Waals surface area contributed by atoms with E-state index in [1.807, 2.05) is 25.1 Å². The molecule has 2 heterocycles. The molecule has 0 saturated carbocycles. The molecule has 5 nitrogen and oxygen atoms in total. The summed E-state index contributed by atoms with van der Waals surface area (Å²) >= 11 is 0. The minimum absolute atomic E-state index is 0.547. The Morgan fingerprint density at radius 1 is 1.15 bits per heavy atom. The summed E-state index contributed by atoms with van der Waals surface area (Å²) in [6, 6.07) is 17.4. The van der Waals surface area contributed by atoms with Crippen LogP contribution in [0.3, 0.4) is 0 Å². The van der Waals surface area contributed by atoms with E-state index in [0.717, 1.165) is 37.0 Å². The predicted octanol–water partition coefficient (Wildman–Crippen LogP) is 3.11. The largest absolute Gasteiger partial charge is 0.357 e. The van der Waals surface area contributed by atoms with E-state index in [4.69, 9.17) is 4.99 Å². The fourth-order valence-corrected chi connectivity index (χ4v) is 3.56. The van der Waals surface area contributed by atoms with E-state index in [9.17, 15) is 0 Å². The van der Waals surface area contributed by atoms with Gasteiger partial charge in [-0.05, 0) is 50.9 Å². The highest BCUT2D eigenvalue weighted by atomic mass is 15.2. The normalized spacial score (nSPS) is 17.9. The predicted molar refractivity (Wildman–Crippen MR) is 112 cm³/mol. The number of hydrogen-bond donors (Lipinski definition) is 2. The maximum absolute atomic E-state index is 4.71. The zero-order valence-corrected chi connectivity index (χ0v) is 16.5. The molecule has 27 heavy (non-hydrogen) atoms. The van der Waals surface area contributed by atoms with Gasteiger partial charge >= 0.3 is 0 Å². The van der Waals surface area contributed by atoms with E-state index in [1.54, 1.807) is 0 Å². The minimum Gasteiger partial charge on any atom is -0.357 e. The molecule has 3 rings (SSSR count). The molecule has 2 N–H and O–H groups in total. The number of pyridine rings is 1. The van der Waals surface area contributed by atoms with Gasteiger partial charge in [0.05, 0.1) is 12.2 Å². The van der Waals surface area contributed by atoms with E-state index in [1.165, 1.54) is 24.9 Å². The van der Waals surface area contributed by atoms with Crippen LogP contribution in [0.15, 0.2) is 53.5 Å². The second kappa shape index (κ2) is 10.1. The summed E-state index contributed by atoms with van der Waals surface area (Å²) in [7, 11) is 0. The van der Waals surface area contributed by atoms with Crippen molar-refractivity contribution in [3.63, 3.8) is 0 Å². The maximum Gasteiger partial charge on any atom is 0.191 e. The van der Waals surface area contributed by atoms with E-state index in [0.29, 0.717) is 12.6 Å². The topological polar surface area (TPSA) is 52.6 Å². The average Bonchev–Trinajstić information content (AvgIpc) is 3.12. The third-order valence-electron chi connectivity index (χ3n) is 4.92. The Labute approximate surface area is 162 Å². The fourth-order valence-electron chi connectivity index (χ4n) is 3.56. The highest BCUT2D eigenvalue weighted by Gasteiger charge is 2.24. The maximum atomic E-state index is 4.71. The van der Waals surface area contributed by atoms with Gasteiger partial charge in [0.25, 0.3) is 0 Å². The molecule has 0 aliphatic carbocycles. The molecule has 1 saturated heterocycles. The van der Waals surface area contributed by atoms with Crippen molar-refractivity contribution in [3.8, 4) is 0 Å². The zero-order valence-electron chi connectivity index (χ0n) is 16.5. The second-order valence-electron chi connectivity index (χ2n) is 7.10. The first-order valence-corrected chi connectivity index (χ1v) is 9.97. The van der Waals surface area contributed by atoms with E-state index >= 15 is 0 Å². The first kappa shape index (κ1) is 19.4. The standard InChI is InChI=1S/C22H31N5/c1-3-23-22(24-15-20-12-7-9-18(2)26-20)25-16-21-13-8-14-27(21)17-19-10-5-4-6-11-19/h4-7,9-12,21H,3,8,13-17H2,1-2H3,(H2,23,24,25). The summed E-state index contributed by atoms with van der Waals surface area (Å²) in [6.45, 7) is 8.66. The lowest BCUT2D eigenvalue weighted by Crippen LogP contribution is -2.44. The molecule has 1 aromatic carbocycles. The van der Waals surface area contributed by atoms with Crippen molar-refractivity contribution in [2.75, 3.05) is 19.6 Å². The van der Waals surface area contributed by atoms with Crippen LogP contribution in [-0.4, -0.2) is 41.5 Å². The van der Waals surface area contributed by atoms with Crippen LogP contribution in [0.25, 0.3) is 0 Å². The molecule has 1 unspecified atom stereocenters. The Balaban J connectivity index is 1.55. The average molecular weight is 366 g/mol. The quantitative estimate of drug-likeness (QED) is 0.585. The molecule has 1 atom stereocenters. The van der Waals surface area contributed by atoms with E-state index in [2.05, 4.69) is 57.8 Å². The summed E-state index contributed by atoms with van der Waals surface area (Å²) in [4.78, 5) is 11.8. The van der Waals surface area contributed by atoms with Gasteiger partial charge in [0.15, 0.2) is 5.96 Å². The van der Waals surface area contributed by atoms with Crippen LogP contribution in [0, 0.1) is 6.92 Å². The summed E-state index contributed by atoms with van der Waals surface area (Å²) in [5.74, 6) is 0.868. The summed E-state index contributed by atoms with van der Waals surface area (Å²) in [5.41, 5.74) is 3.41. The Morgan fingerprint density at radius 3 is 2.78 bits per heavy atom. The number of rotatable bonds is 7. The monoisotopic (exact) mass is 365 g/mol. The number of aryl methyl sites for hydroxylation is 1. The van der Waals surface area contributed by atoms with Gasteiger partial charge in [-0.2, -0.15) is 0 Å². The van der Waals surface area contributed by atoms with Crippen LogP contribution in [0.1, 0.15) is 36.7 Å². The second-order valence-corrected chi connectivity index (χ2v) is 7.10. The lowest BCUT2D eigenvalue weighted by Gasteiger charge is -2.25. The fraction of sp³-hybridized carbons (Fsp3) is 0.455. The van der Waals surface area contributed by atoms with Crippen LogP contribution in [0.4, 0.5) is 0 Å². The zero-order chi connectivity index (χ0) is 18.9. The van der Waals surface area contributed by atoms with Crippen LogP contribution in [0.2, 0.25) is 0 Å². The Kier molecular flexibility index (Phi) is 7.22. The lowest BCUT2D eigenvalue weighted by atomic mass is 10.2. The molecule has 1 aliphatic rings. The van der Waals surface area contributed by atoms with Gasteiger partial charge in [-0.25, -0.2) is 4.99 Å². The van der Waals surface area contributed by atoms with Gasteiger partial charge in [-0.1, -0.05) is 36.4 Å². The molecule has 0 amide bonds. The Hall–Kier alpha value is -2.40. The van der Waals surface area contributed by atoms with Crippen LogP contribution < -0.4 is 10.6 Å². The van der Waals surface area contributed by atoms with Crippen molar-refractivity contribution in [3.05, 3.63) is 65.5 Å². The van der Waals surface area contributed by atoms with Crippen LogP contribution in [0.5, 0.6) is 0 Å². The van der Waals surface area contributed by atoms with Crippen molar-refractivity contribution in [2.45, 2.75) is 45.8 Å². The number of guanidine groups is 1. The summed E-state index contributed by atoms with van der Waals surface area (Å²) < 4.78 is 0. The third-order valence-corrected chi connectivity index (χ3v) is 4.92. The molecule has 0 bridgehead atoms. The summed E-state index contributed by atoms with van der Waals surface area (Å²) in [6.07, 6.45) is 2.50. The Morgan fingerprint density at radius 2 is 2.00 bits per heavy atom. The number of likely N-dealkylation sites (tertiary alicyclic amines) is 1. The van der Waals surface area contributed by atoms with Gasteiger partial charge in [-0.3, -0.25) is 9.88 Å². The van der Waals surface area contributed by atoms with Gasteiger partial charge < -0.3 is 10.6 Å². The van der Waals surface area contributed by atoms with E-state index in [-0.39, 0.29) is 0 Å². The minimum atomic E-state index is 0.547. The van der Waals surface area contributed by atoms with Crippen molar-refractivity contribution < 1.29 is 0 Å². The first-order chi connectivity index (χ1) is 13.2. The molecule has 1 fully saturated rings. The molecule has 1 aromatic heterocycles. The molecule has 144 valence electrons. The van der Waals surface area contributed by atoms with Crippen molar-refractivity contribution in [1.29, 1.82) is 0 Å². The van der Waals surface area contributed by atoms with Crippen molar-refractivity contribution in [2.24, 2.45) is 4.99 Å². The van der Waals surface area contributed by atoms with E-state index < -0.39 is 0 Å². The number of aliphatic imine (C=N–C) groups is 1. The molecule has 1 aliphatic heterocycles. The molecular weight excluding hydrogens is 334 g/mol. The first-order valence-electron chi connectivity index (χ1n) is 9.97. The Bertz CT molecular complexity index is 728. The molecule has 0 radical (unpaired) electrons. The number of nitrogens with one attached hydrogen (secondary N) is 2. The van der Waals surface area contributed by atoms with Crippen LogP contribution >= 0.6 is 0 Å². The SMILES string of the molecule is CCNC(=NCc1cccc(C)n1)NCC1CCCN1Cc1ccccc1. The number of nitrogens with zero attached hydrogens (tertiary/aromatic N) is 3. The van der Waals surface area contributed by atoms with Gasteiger partial charge in [0.1, 0.15) is 0 Å². The van der Waals surface area contributed by atoms with Crippen molar-refractivity contribution in [1.82, 2.24) is 20.5 Å². The highest BCUT2D eigenvalue weighted by Crippen LogP contribution is 2.19. The molecular formula is C22H31N5. The lowest BCUT2D eigenvalue weighted by molar-refractivity contribution is 0.245. The smallest absolute Gasteiger partial charge is 0.191 e. The number of hydrogen-bond acceptors (Lipinski definition) is 3. The van der Waals surface area contributed by atoms with Crippen LogP contribution in [-0.2, 0) is 13.1 Å². The van der Waals surface area contributed by atoms with Gasteiger partial charge in [0.2, 0.25) is 0 Å². The molecule has 2 aromatic rings.